The fourth-order valence-corrected chi connectivity index (χ4v) is 4.12. The summed E-state index contributed by atoms with van der Waals surface area (Å²) in [5.41, 5.74) is 3.91. The summed E-state index contributed by atoms with van der Waals surface area (Å²) in [6, 6.07) is 9.36. The zero-order chi connectivity index (χ0) is 23.9. The highest BCUT2D eigenvalue weighted by Crippen LogP contribution is 2.31. The van der Waals surface area contributed by atoms with E-state index in [0.29, 0.717) is 42.4 Å². The van der Waals surface area contributed by atoms with Crippen molar-refractivity contribution in [2.45, 2.75) is 25.3 Å². The number of carbonyl (C=O) groups excluding carboxylic acids is 1. The van der Waals surface area contributed by atoms with Crippen LogP contribution in [0.15, 0.2) is 48.2 Å². The van der Waals surface area contributed by atoms with Crippen molar-refractivity contribution in [1.29, 1.82) is 0 Å². The highest BCUT2D eigenvalue weighted by atomic mass is 32.1. The van der Waals surface area contributed by atoms with Gasteiger partial charge < -0.3 is 25.5 Å². The van der Waals surface area contributed by atoms with E-state index in [4.69, 9.17) is 9.84 Å². The number of rotatable bonds is 10. The molecule has 34 heavy (non-hydrogen) atoms. The van der Waals surface area contributed by atoms with Crippen molar-refractivity contribution in [1.82, 2.24) is 30.6 Å². The summed E-state index contributed by atoms with van der Waals surface area (Å²) in [7, 11) is 1.57. The molecule has 0 aliphatic rings. The van der Waals surface area contributed by atoms with Gasteiger partial charge in [0.05, 0.1) is 47.8 Å². The van der Waals surface area contributed by atoms with Crippen LogP contribution in [-0.4, -0.2) is 50.7 Å². The number of ether oxygens (including phenoxy) is 1. The molecule has 3 aromatic heterocycles. The second kappa shape index (κ2) is 10.8. The molecule has 1 aromatic carbocycles. The molecule has 0 bridgehead atoms. The summed E-state index contributed by atoms with van der Waals surface area (Å²) in [5, 5.41) is 15.1. The number of benzene rings is 1. The maximum atomic E-state index is 12.7. The molecule has 11 heteroatoms. The minimum atomic E-state index is -1.05. The number of carboxylic acid groups (broad SMARTS) is 1. The van der Waals surface area contributed by atoms with Gasteiger partial charge in [-0.1, -0.05) is 18.2 Å². The molecule has 0 fully saturated rings. The highest BCUT2D eigenvalue weighted by molar-refractivity contribution is 7.11. The summed E-state index contributed by atoms with van der Waals surface area (Å²) in [5.74, 6) is 0.826. The molecule has 176 valence electrons. The largest absolute Gasteiger partial charge is 0.480 e. The molecule has 0 saturated carbocycles. The first kappa shape index (κ1) is 23.2. The average Bonchev–Trinajstić information content (AvgIpc) is 3.55. The van der Waals surface area contributed by atoms with Crippen LogP contribution < -0.4 is 15.4 Å². The van der Waals surface area contributed by atoms with E-state index in [0.717, 1.165) is 22.2 Å². The number of H-pyrrole nitrogens is 1. The number of amides is 2. The zero-order valence-electron chi connectivity index (χ0n) is 18.4. The van der Waals surface area contributed by atoms with Crippen LogP contribution in [0.2, 0.25) is 0 Å². The SMILES string of the molecule is COc1nc2ccccc2cc1-c1cnc(C(CCCCNC(=O)O)NC(=O)c2cncs2)[nH]1. The number of hydrogen-bond donors (Lipinski definition) is 4. The van der Waals surface area contributed by atoms with Gasteiger partial charge in [0.25, 0.3) is 5.91 Å². The number of imidazole rings is 1. The van der Waals surface area contributed by atoms with E-state index in [-0.39, 0.29) is 5.91 Å². The summed E-state index contributed by atoms with van der Waals surface area (Å²) in [4.78, 5) is 40.3. The Hall–Kier alpha value is -3.99. The van der Waals surface area contributed by atoms with Crippen molar-refractivity contribution in [2.24, 2.45) is 0 Å². The van der Waals surface area contributed by atoms with Gasteiger partial charge in [-0.3, -0.25) is 9.78 Å². The van der Waals surface area contributed by atoms with E-state index < -0.39 is 12.1 Å². The summed E-state index contributed by atoms with van der Waals surface area (Å²) < 4.78 is 5.51. The van der Waals surface area contributed by atoms with Crippen molar-refractivity contribution in [2.75, 3.05) is 13.7 Å². The van der Waals surface area contributed by atoms with Gasteiger partial charge in [-0.15, -0.1) is 11.3 Å². The molecule has 4 N–H and O–H groups in total. The molecule has 0 radical (unpaired) electrons. The zero-order valence-corrected chi connectivity index (χ0v) is 19.3. The van der Waals surface area contributed by atoms with Gasteiger partial charge in [0, 0.05) is 11.9 Å². The lowest BCUT2D eigenvalue weighted by Gasteiger charge is -2.16. The predicted octanol–water partition coefficient (Wildman–Crippen LogP) is 4.00. The van der Waals surface area contributed by atoms with E-state index in [9.17, 15) is 9.59 Å². The maximum absolute atomic E-state index is 12.7. The van der Waals surface area contributed by atoms with Gasteiger partial charge in [0.1, 0.15) is 10.7 Å². The molecular weight excluding hydrogens is 456 g/mol. The second-order valence-corrected chi connectivity index (χ2v) is 8.43. The number of nitrogens with one attached hydrogen (secondary N) is 3. The number of carbonyl (C=O) groups is 2. The first-order chi connectivity index (χ1) is 16.5. The van der Waals surface area contributed by atoms with Crippen LogP contribution in [-0.2, 0) is 0 Å². The quantitative estimate of drug-likeness (QED) is 0.251. The van der Waals surface area contributed by atoms with Crippen molar-refractivity contribution >= 4 is 34.2 Å². The fraction of sp³-hybridized carbons (Fsp3) is 0.261. The lowest BCUT2D eigenvalue weighted by atomic mass is 10.1. The molecule has 3 heterocycles. The van der Waals surface area contributed by atoms with Crippen molar-refractivity contribution in [3.8, 4) is 17.1 Å². The van der Waals surface area contributed by atoms with E-state index in [1.165, 1.54) is 17.5 Å². The molecule has 4 rings (SSSR count). The lowest BCUT2D eigenvalue weighted by molar-refractivity contribution is 0.0936. The van der Waals surface area contributed by atoms with Crippen LogP contribution in [0.3, 0.4) is 0 Å². The Morgan fingerprint density at radius 3 is 2.85 bits per heavy atom. The molecule has 0 aliphatic carbocycles. The van der Waals surface area contributed by atoms with Crippen molar-refractivity contribution in [3.05, 3.63) is 58.9 Å². The second-order valence-electron chi connectivity index (χ2n) is 7.54. The van der Waals surface area contributed by atoms with E-state index in [1.54, 1.807) is 18.8 Å². The summed E-state index contributed by atoms with van der Waals surface area (Å²) in [6.07, 6.45) is 4.06. The number of aromatic amines is 1. The van der Waals surface area contributed by atoms with Gasteiger partial charge in [-0.2, -0.15) is 0 Å². The number of methoxy groups -OCH3 is 1. The standard InChI is InChI=1S/C23H24N6O4S/c1-33-22-15(10-14-6-2-3-7-16(14)29-22)18-11-26-20(27-18)17(8-4-5-9-25-23(31)32)28-21(30)19-12-24-13-34-19/h2-3,6-7,10-13,17,25H,4-5,8-9H2,1H3,(H,26,27)(H,28,30)(H,31,32). The predicted molar refractivity (Wildman–Crippen MR) is 128 cm³/mol. The third-order valence-electron chi connectivity index (χ3n) is 5.26. The van der Waals surface area contributed by atoms with E-state index in [1.807, 2.05) is 30.3 Å². The van der Waals surface area contributed by atoms with Crippen LogP contribution in [0, 0.1) is 0 Å². The Kier molecular flexibility index (Phi) is 7.33. The van der Waals surface area contributed by atoms with Gasteiger partial charge in [-0.05, 0) is 31.4 Å². The monoisotopic (exact) mass is 480 g/mol. The minimum Gasteiger partial charge on any atom is -0.480 e. The molecule has 4 aromatic rings. The number of hydrogen-bond acceptors (Lipinski definition) is 7. The Balaban J connectivity index is 1.57. The summed E-state index contributed by atoms with van der Waals surface area (Å²) >= 11 is 1.26. The number of pyridine rings is 1. The molecule has 10 nitrogen and oxygen atoms in total. The maximum Gasteiger partial charge on any atom is 0.404 e. The lowest BCUT2D eigenvalue weighted by Crippen LogP contribution is -2.29. The highest BCUT2D eigenvalue weighted by Gasteiger charge is 2.21. The fourth-order valence-electron chi connectivity index (χ4n) is 3.60. The Labute approximate surface area is 199 Å². The van der Waals surface area contributed by atoms with Crippen LogP contribution in [0.1, 0.15) is 40.8 Å². The first-order valence-electron chi connectivity index (χ1n) is 10.7. The molecule has 1 unspecified atom stereocenters. The van der Waals surface area contributed by atoms with Crippen LogP contribution in [0.25, 0.3) is 22.2 Å². The van der Waals surface area contributed by atoms with E-state index >= 15 is 0 Å². The Bertz CT molecular complexity index is 1270. The normalized spacial score (nSPS) is 11.8. The van der Waals surface area contributed by atoms with Gasteiger partial charge in [-0.25, -0.2) is 14.8 Å². The number of unbranched alkanes of at least 4 members (excludes halogenated alkanes) is 1. The van der Waals surface area contributed by atoms with Crippen LogP contribution >= 0.6 is 11.3 Å². The molecule has 0 aliphatic heterocycles. The van der Waals surface area contributed by atoms with Crippen LogP contribution in [0.4, 0.5) is 4.79 Å². The Morgan fingerprint density at radius 1 is 1.24 bits per heavy atom. The van der Waals surface area contributed by atoms with Gasteiger partial charge in [0.2, 0.25) is 5.88 Å². The Morgan fingerprint density at radius 2 is 2.09 bits per heavy atom. The average molecular weight is 481 g/mol. The van der Waals surface area contributed by atoms with Crippen LogP contribution in [0.5, 0.6) is 5.88 Å². The third kappa shape index (κ3) is 5.49. The number of nitrogens with zero attached hydrogens (tertiary/aromatic N) is 3. The molecule has 2 amide bonds. The molecule has 0 spiro atoms. The summed E-state index contributed by atoms with van der Waals surface area (Å²) in [6.45, 7) is 0.341. The smallest absolute Gasteiger partial charge is 0.404 e. The molecular formula is C23H24N6O4S. The van der Waals surface area contributed by atoms with Gasteiger partial charge in [0.15, 0.2) is 0 Å². The van der Waals surface area contributed by atoms with Crippen molar-refractivity contribution < 1.29 is 19.4 Å². The number of aromatic nitrogens is 4. The number of fused-ring (bicyclic) bond motifs is 1. The van der Waals surface area contributed by atoms with Gasteiger partial charge >= 0.3 is 6.09 Å². The van der Waals surface area contributed by atoms with E-state index in [2.05, 4.69) is 30.6 Å². The number of thiazole rings is 1. The molecule has 1 atom stereocenters. The minimum absolute atomic E-state index is 0.237. The topological polar surface area (TPSA) is 142 Å². The first-order valence-corrected chi connectivity index (χ1v) is 11.6. The number of para-hydroxylation sites is 1. The third-order valence-corrected chi connectivity index (χ3v) is 6.03. The molecule has 0 saturated heterocycles. The van der Waals surface area contributed by atoms with Crippen molar-refractivity contribution in [3.63, 3.8) is 0 Å².